The second kappa shape index (κ2) is 7.15. The van der Waals surface area contributed by atoms with Gasteiger partial charge in [-0.15, -0.1) is 0 Å². The van der Waals surface area contributed by atoms with E-state index >= 15 is 0 Å². The minimum Gasteiger partial charge on any atom is -0.497 e. The molecule has 0 spiro atoms. The van der Waals surface area contributed by atoms with Crippen LogP contribution in [0.5, 0.6) is 11.5 Å². The van der Waals surface area contributed by atoms with Crippen molar-refractivity contribution in [2.45, 2.75) is 18.9 Å². The van der Waals surface area contributed by atoms with Gasteiger partial charge in [-0.2, -0.15) is 0 Å². The number of rotatable bonds is 6. The summed E-state index contributed by atoms with van der Waals surface area (Å²) < 4.78 is 16.1. The minimum atomic E-state index is -0.412. The lowest BCUT2D eigenvalue weighted by Gasteiger charge is -2.08. The van der Waals surface area contributed by atoms with Gasteiger partial charge in [0.1, 0.15) is 17.1 Å². The Morgan fingerprint density at radius 3 is 2.56 bits per heavy atom. The van der Waals surface area contributed by atoms with Crippen LogP contribution in [0.3, 0.4) is 0 Å². The van der Waals surface area contributed by atoms with Gasteiger partial charge >= 0.3 is 5.63 Å². The van der Waals surface area contributed by atoms with Gasteiger partial charge in [-0.25, -0.2) is 4.79 Å². The Morgan fingerprint density at radius 2 is 1.85 bits per heavy atom. The smallest absolute Gasteiger partial charge is 0.344 e. The SMILES string of the molecule is COc1ccc2oc(=O)c(-c3ccc(OCC(=O)NC4CC4)cc3)cc2c1. The van der Waals surface area contributed by atoms with Crippen LogP contribution in [0.2, 0.25) is 0 Å². The summed E-state index contributed by atoms with van der Waals surface area (Å²) in [6.07, 6.45) is 2.08. The van der Waals surface area contributed by atoms with Crippen LogP contribution < -0.4 is 20.4 Å². The third-order valence-corrected chi connectivity index (χ3v) is 4.42. The van der Waals surface area contributed by atoms with E-state index in [9.17, 15) is 9.59 Å². The summed E-state index contributed by atoms with van der Waals surface area (Å²) >= 11 is 0. The molecule has 1 saturated carbocycles. The fraction of sp³-hybridized carbons (Fsp3) is 0.238. The third kappa shape index (κ3) is 3.95. The van der Waals surface area contributed by atoms with Gasteiger partial charge in [0.2, 0.25) is 0 Å². The van der Waals surface area contributed by atoms with Crippen LogP contribution in [0.15, 0.2) is 57.7 Å². The second-order valence-electron chi connectivity index (χ2n) is 6.51. The Balaban J connectivity index is 1.53. The summed E-state index contributed by atoms with van der Waals surface area (Å²) in [5, 5.41) is 3.65. The van der Waals surface area contributed by atoms with E-state index in [1.807, 2.05) is 6.07 Å². The van der Waals surface area contributed by atoms with Gasteiger partial charge in [0.05, 0.1) is 12.7 Å². The topological polar surface area (TPSA) is 77.8 Å². The van der Waals surface area contributed by atoms with Gasteiger partial charge in [-0.05, 0) is 54.8 Å². The summed E-state index contributed by atoms with van der Waals surface area (Å²) in [5.41, 5.74) is 1.26. The zero-order chi connectivity index (χ0) is 18.8. The van der Waals surface area contributed by atoms with Gasteiger partial charge < -0.3 is 19.2 Å². The molecule has 1 N–H and O–H groups in total. The maximum Gasteiger partial charge on any atom is 0.344 e. The van der Waals surface area contributed by atoms with Crippen LogP contribution in [0.25, 0.3) is 22.1 Å². The summed E-state index contributed by atoms with van der Waals surface area (Å²) in [4.78, 5) is 24.0. The van der Waals surface area contributed by atoms with E-state index < -0.39 is 5.63 Å². The quantitative estimate of drug-likeness (QED) is 0.679. The summed E-state index contributed by atoms with van der Waals surface area (Å²) in [6, 6.07) is 14.4. The predicted molar refractivity (Wildman–Crippen MR) is 101 cm³/mol. The van der Waals surface area contributed by atoms with Crippen LogP contribution in [0, 0.1) is 0 Å². The highest BCUT2D eigenvalue weighted by molar-refractivity contribution is 5.83. The Hall–Kier alpha value is -3.28. The van der Waals surface area contributed by atoms with Crippen LogP contribution in [-0.2, 0) is 4.79 Å². The van der Waals surface area contributed by atoms with Crippen molar-refractivity contribution in [2.24, 2.45) is 0 Å². The molecule has 27 heavy (non-hydrogen) atoms. The maximum atomic E-state index is 12.3. The first-order valence-electron chi connectivity index (χ1n) is 8.77. The molecule has 1 heterocycles. The average molecular weight is 365 g/mol. The fourth-order valence-electron chi connectivity index (χ4n) is 2.81. The fourth-order valence-corrected chi connectivity index (χ4v) is 2.81. The molecule has 0 unspecified atom stereocenters. The number of amides is 1. The average Bonchev–Trinajstić information content (AvgIpc) is 3.50. The molecule has 1 aliphatic carbocycles. The summed E-state index contributed by atoms with van der Waals surface area (Å²) in [7, 11) is 1.59. The lowest BCUT2D eigenvalue weighted by molar-refractivity contribution is -0.123. The number of hydrogen-bond donors (Lipinski definition) is 1. The standard InChI is InChI=1S/C21H19NO5/c1-25-17-8-9-19-14(10-17)11-18(21(24)27-19)13-2-6-16(7-3-13)26-12-20(23)22-15-4-5-15/h2-3,6-11,15H,4-5,12H2,1H3,(H,22,23). The van der Waals surface area contributed by atoms with Crippen molar-refractivity contribution in [3.8, 4) is 22.6 Å². The molecule has 0 saturated heterocycles. The number of fused-ring (bicyclic) bond motifs is 1. The maximum absolute atomic E-state index is 12.3. The molecule has 0 radical (unpaired) electrons. The van der Waals surface area contributed by atoms with Crippen molar-refractivity contribution in [3.05, 3.63) is 59.0 Å². The Labute approximate surface area is 155 Å². The van der Waals surface area contributed by atoms with Gasteiger partial charge in [-0.1, -0.05) is 12.1 Å². The zero-order valence-corrected chi connectivity index (χ0v) is 14.9. The highest BCUT2D eigenvalue weighted by Gasteiger charge is 2.23. The molecule has 1 aliphatic rings. The van der Waals surface area contributed by atoms with E-state index in [0.717, 1.165) is 18.2 Å². The van der Waals surface area contributed by atoms with Crippen LogP contribution >= 0.6 is 0 Å². The molecule has 1 aromatic heterocycles. The van der Waals surface area contributed by atoms with E-state index in [1.54, 1.807) is 49.6 Å². The van der Waals surface area contributed by atoms with Crippen molar-refractivity contribution >= 4 is 16.9 Å². The summed E-state index contributed by atoms with van der Waals surface area (Å²) in [5.74, 6) is 1.14. The number of ether oxygens (including phenoxy) is 2. The molecule has 0 aliphatic heterocycles. The molecule has 6 heteroatoms. The van der Waals surface area contributed by atoms with Crippen molar-refractivity contribution in [1.29, 1.82) is 0 Å². The first-order chi connectivity index (χ1) is 13.1. The largest absolute Gasteiger partial charge is 0.497 e. The van der Waals surface area contributed by atoms with Crippen molar-refractivity contribution < 1.29 is 18.7 Å². The first-order valence-corrected chi connectivity index (χ1v) is 8.77. The molecule has 138 valence electrons. The molecule has 0 atom stereocenters. The van der Waals surface area contributed by atoms with Crippen molar-refractivity contribution in [1.82, 2.24) is 5.32 Å². The lowest BCUT2D eigenvalue weighted by atomic mass is 10.1. The van der Waals surface area contributed by atoms with E-state index in [0.29, 0.717) is 34.3 Å². The monoisotopic (exact) mass is 365 g/mol. The Kier molecular flexibility index (Phi) is 4.54. The number of hydrogen-bond acceptors (Lipinski definition) is 5. The molecule has 1 amide bonds. The summed E-state index contributed by atoms with van der Waals surface area (Å²) in [6.45, 7) is -0.0201. The molecular formula is C21H19NO5. The number of benzene rings is 2. The normalized spacial score (nSPS) is 13.4. The number of carbonyl (C=O) groups is 1. The molecule has 0 bridgehead atoms. The van der Waals surface area contributed by atoms with E-state index in [1.165, 1.54) is 0 Å². The van der Waals surface area contributed by atoms with Gasteiger partial charge in [0.15, 0.2) is 6.61 Å². The number of methoxy groups -OCH3 is 1. The van der Waals surface area contributed by atoms with Crippen LogP contribution in [0.4, 0.5) is 0 Å². The lowest BCUT2D eigenvalue weighted by Crippen LogP contribution is -2.30. The molecule has 3 aromatic rings. The molecule has 6 nitrogen and oxygen atoms in total. The zero-order valence-electron chi connectivity index (χ0n) is 14.9. The Morgan fingerprint density at radius 1 is 1.11 bits per heavy atom. The first kappa shape index (κ1) is 17.1. The van der Waals surface area contributed by atoms with Gasteiger partial charge in [0, 0.05) is 11.4 Å². The van der Waals surface area contributed by atoms with E-state index in [-0.39, 0.29) is 12.5 Å². The molecule has 2 aromatic carbocycles. The Bertz CT molecular complexity index is 1030. The van der Waals surface area contributed by atoms with Crippen molar-refractivity contribution in [3.63, 3.8) is 0 Å². The highest BCUT2D eigenvalue weighted by atomic mass is 16.5. The second-order valence-corrected chi connectivity index (χ2v) is 6.51. The third-order valence-electron chi connectivity index (χ3n) is 4.42. The van der Waals surface area contributed by atoms with Gasteiger partial charge in [0.25, 0.3) is 5.91 Å². The number of nitrogens with one attached hydrogen (secondary N) is 1. The highest BCUT2D eigenvalue weighted by Crippen LogP contribution is 2.26. The van der Waals surface area contributed by atoms with E-state index in [4.69, 9.17) is 13.9 Å². The predicted octanol–water partition coefficient (Wildman–Crippen LogP) is 3.13. The van der Waals surface area contributed by atoms with Gasteiger partial charge in [-0.3, -0.25) is 4.79 Å². The van der Waals surface area contributed by atoms with Crippen LogP contribution in [-0.4, -0.2) is 25.7 Å². The van der Waals surface area contributed by atoms with E-state index in [2.05, 4.69) is 5.32 Å². The molecular weight excluding hydrogens is 346 g/mol. The van der Waals surface area contributed by atoms with Crippen molar-refractivity contribution in [2.75, 3.05) is 13.7 Å². The number of carbonyl (C=O) groups excluding carboxylic acids is 1. The molecule has 4 rings (SSSR count). The molecule has 1 fully saturated rings. The minimum absolute atomic E-state index is 0.0201. The van der Waals surface area contributed by atoms with Crippen LogP contribution in [0.1, 0.15) is 12.8 Å².